The highest BCUT2D eigenvalue weighted by Gasteiger charge is 2.24. The highest BCUT2D eigenvalue weighted by Crippen LogP contribution is 2.37. The SMILES string of the molecule is CCC(=O)Oc1cccc(-c2nc(-c3ccccc3)c(-c3ccccc3)n2C(=O)CC)c1. The van der Waals surface area contributed by atoms with Gasteiger partial charge in [-0.2, -0.15) is 0 Å². The van der Waals surface area contributed by atoms with Gasteiger partial charge in [-0.15, -0.1) is 0 Å². The van der Waals surface area contributed by atoms with Crippen LogP contribution < -0.4 is 4.74 Å². The number of hydrogen-bond acceptors (Lipinski definition) is 4. The molecule has 1 heterocycles. The van der Waals surface area contributed by atoms with Gasteiger partial charge in [0.15, 0.2) is 0 Å². The zero-order valence-corrected chi connectivity index (χ0v) is 18.1. The van der Waals surface area contributed by atoms with Gasteiger partial charge >= 0.3 is 5.97 Å². The summed E-state index contributed by atoms with van der Waals surface area (Å²) in [5.74, 6) is 0.564. The number of carbonyl (C=O) groups excluding carboxylic acids is 2. The van der Waals surface area contributed by atoms with Crippen molar-refractivity contribution in [1.82, 2.24) is 9.55 Å². The molecule has 4 rings (SSSR count). The van der Waals surface area contributed by atoms with Crippen molar-refractivity contribution in [1.29, 1.82) is 0 Å². The summed E-state index contributed by atoms with van der Waals surface area (Å²) in [5.41, 5.74) is 4.00. The standard InChI is InChI=1S/C27H24N2O3/c1-3-23(30)29-26(20-14-9-6-10-15-20)25(19-12-7-5-8-13-19)28-27(29)21-16-11-17-22(18-21)32-24(31)4-2/h5-18H,3-4H2,1-2H3. The van der Waals surface area contributed by atoms with E-state index < -0.39 is 0 Å². The quantitative estimate of drug-likeness (QED) is 0.271. The molecule has 32 heavy (non-hydrogen) atoms. The van der Waals surface area contributed by atoms with Crippen molar-refractivity contribution in [2.45, 2.75) is 26.7 Å². The maximum Gasteiger partial charge on any atom is 0.310 e. The molecule has 3 aromatic carbocycles. The molecule has 0 amide bonds. The summed E-state index contributed by atoms with van der Waals surface area (Å²) in [6, 6.07) is 26.8. The maximum atomic E-state index is 13.2. The Morgan fingerprint density at radius 3 is 2.03 bits per heavy atom. The molecule has 0 bridgehead atoms. The van der Waals surface area contributed by atoms with E-state index in [1.807, 2.05) is 73.7 Å². The maximum absolute atomic E-state index is 13.2. The van der Waals surface area contributed by atoms with E-state index in [0.717, 1.165) is 22.5 Å². The Hall–Kier alpha value is -3.99. The van der Waals surface area contributed by atoms with Crippen LogP contribution in [0.3, 0.4) is 0 Å². The Balaban J connectivity index is 1.98. The molecule has 5 nitrogen and oxygen atoms in total. The lowest BCUT2D eigenvalue weighted by Crippen LogP contribution is -2.12. The molecule has 0 aliphatic rings. The van der Waals surface area contributed by atoms with Crippen LogP contribution in [0.2, 0.25) is 0 Å². The lowest BCUT2D eigenvalue weighted by Gasteiger charge is -2.12. The van der Waals surface area contributed by atoms with Crippen LogP contribution in [0.15, 0.2) is 84.9 Å². The van der Waals surface area contributed by atoms with Crippen molar-refractivity contribution < 1.29 is 14.3 Å². The molecule has 5 heteroatoms. The second-order valence-electron chi connectivity index (χ2n) is 7.30. The number of aromatic nitrogens is 2. The highest BCUT2D eigenvalue weighted by molar-refractivity contribution is 5.94. The third-order valence-electron chi connectivity index (χ3n) is 5.14. The van der Waals surface area contributed by atoms with Gasteiger partial charge in [0.05, 0.1) is 11.4 Å². The van der Waals surface area contributed by atoms with Crippen LogP contribution in [-0.4, -0.2) is 21.4 Å². The van der Waals surface area contributed by atoms with Gasteiger partial charge in [-0.3, -0.25) is 14.2 Å². The van der Waals surface area contributed by atoms with E-state index in [1.165, 1.54) is 0 Å². The van der Waals surface area contributed by atoms with Crippen LogP contribution in [-0.2, 0) is 4.79 Å². The number of nitrogens with zero attached hydrogens (tertiary/aromatic N) is 2. The molecule has 0 aliphatic heterocycles. The molecule has 0 unspecified atom stereocenters. The summed E-state index contributed by atoms with van der Waals surface area (Å²) in [7, 11) is 0. The fourth-order valence-electron chi connectivity index (χ4n) is 3.58. The van der Waals surface area contributed by atoms with Gasteiger partial charge in [-0.05, 0) is 12.1 Å². The van der Waals surface area contributed by atoms with E-state index in [1.54, 1.807) is 29.7 Å². The second-order valence-corrected chi connectivity index (χ2v) is 7.30. The predicted molar refractivity (Wildman–Crippen MR) is 125 cm³/mol. The van der Waals surface area contributed by atoms with Gasteiger partial charge in [0.2, 0.25) is 5.91 Å². The summed E-state index contributed by atoms with van der Waals surface area (Å²) >= 11 is 0. The third kappa shape index (κ3) is 4.23. The topological polar surface area (TPSA) is 61.2 Å². The van der Waals surface area contributed by atoms with Crippen LogP contribution in [0.1, 0.15) is 31.5 Å². The van der Waals surface area contributed by atoms with E-state index in [4.69, 9.17) is 9.72 Å². The smallest absolute Gasteiger partial charge is 0.310 e. The van der Waals surface area contributed by atoms with Crippen LogP contribution >= 0.6 is 0 Å². The van der Waals surface area contributed by atoms with Gasteiger partial charge in [-0.25, -0.2) is 4.98 Å². The van der Waals surface area contributed by atoms with E-state index >= 15 is 0 Å². The molecule has 0 aliphatic carbocycles. The molecule has 0 atom stereocenters. The predicted octanol–water partition coefficient (Wildman–Crippen LogP) is 6.25. The lowest BCUT2D eigenvalue weighted by atomic mass is 10.0. The Kier molecular flexibility index (Phi) is 6.26. The summed E-state index contributed by atoms with van der Waals surface area (Å²) in [4.78, 5) is 29.9. The van der Waals surface area contributed by atoms with E-state index in [2.05, 4.69) is 0 Å². The van der Waals surface area contributed by atoms with Crippen molar-refractivity contribution in [3.05, 3.63) is 84.9 Å². The number of hydrogen-bond donors (Lipinski definition) is 0. The second kappa shape index (κ2) is 9.43. The number of benzene rings is 3. The first-order valence-corrected chi connectivity index (χ1v) is 10.7. The van der Waals surface area contributed by atoms with Crippen LogP contribution in [0.5, 0.6) is 5.75 Å². The van der Waals surface area contributed by atoms with Crippen molar-refractivity contribution >= 4 is 11.9 Å². The number of esters is 1. The molecule has 0 saturated carbocycles. The van der Waals surface area contributed by atoms with E-state index in [-0.39, 0.29) is 18.3 Å². The highest BCUT2D eigenvalue weighted by atomic mass is 16.5. The largest absolute Gasteiger partial charge is 0.427 e. The fraction of sp³-hybridized carbons (Fsp3) is 0.148. The van der Waals surface area contributed by atoms with Crippen molar-refractivity contribution in [3.8, 4) is 39.7 Å². The lowest BCUT2D eigenvalue weighted by molar-refractivity contribution is -0.134. The first-order chi connectivity index (χ1) is 15.6. The Bertz CT molecular complexity index is 1240. The van der Waals surface area contributed by atoms with Crippen LogP contribution in [0.25, 0.3) is 33.9 Å². The van der Waals surface area contributed by atoms with Gasteiger partial charge in [-0.1, -0.05) is 86.6 Å². The number of imidazole rings is 1. The molecular formula is C27H24N2O3. The van der Waals surface area contributed by atoms with E-state index in [0.29, 0.717) is 23.6 Å². The van der Waals surface area contributed by atoms with Gasteiger partial charge in [0, 0.05) is 29.5 Å². The minimum absolute atomic E-state index is 0.0653. The van der Waals surface area contributed by atoms with Crippen molar-refractivity contribution in [2.75, 3.05) is 0 Å². The third-order valence-corrected chi connectivity index (χ3v) is 5.14. The molecule has 0 saturated heterocycles. The zero-order valence-electron chi connectivity index (χ0n) is 18.1. The molecule has 1 aromatic heterocycles. The minimum Gasteiger partial charge on any atom is -0.427 e. The normalized spacial score (nSPS) is 10.7. The van der Waals surface area contributed by atoms with Crippen molar-refractivity contribution in [3.63, 3.8) is 0 Å². The van der Waals surface area contributed by atoms with Gasteiger partial charge < -0.3 is 4.74 Å². The number of rotatable bonds is 6. The summed E-state index contributed by atoms with van der Waals surface area (Å²) in [6.07, 6.45) is 0.603. The first-order valence-electron chi connectivity index (χ1n) is 10.7. The Labute approximate surface area is 187 Å². The monoisotopic (exact) mass is 424 g/mol. The Morgan fingerprint density at radius 1 is 0.781 bits per heavy atom. The number of ether oxygens (including phenoxy) is 1. The Morgan fingerprint density at radius 2 is 1.41 bits per heavy atom. The van der Waals surface area contributed by atoms with Gasteiger partial charge in [0.1, 0.15) is 11.6 Å². The summed E-state index contributed by atoms with van der Waals surface area (Å²) in [5, 5.41) is 0. The van der Waals surface area contributed by atoms with Crippen LogP contribution in [0, 0.1) is 0 Å². The molecule has 0 radical (unpaired) electrons. The van der Waals surface area contributed by atoms with Crippen LogP contribution in [0.4, 0.5) is 0 Å². The zero-order chi connectivity index (χ0) is 22.5. The number of carbonyl (C=O) groups is 2. The molecule has 0 N–H and O–H groups in total. The summed E-state index contributed by atoms with van der Waals surface area (Å²) in [6.45, 7) is 3.58. The minimum atomic E-state index is -0.315. The average Bonchev–Trinajstić information content (AvgIpc) is 3.25. The fourth-order valence-corrected chi connectivity index (χ4v) is 3.58. The molecule has 160 valence electrons. The molecule has 4 aromatic rings. The molecular weight excluding hydrogens is 400 g/mol. The first kappa shape index (κ1) is 21.2. The summed E-state index contributed by atoms with van der Waals surface area (Å²) < 4.78 is 7.08. The van der Waals surface area contributed by atoms with Crippen molar-refractivity contribution in [2.24, 2.45) is 0 Å². The molecule has 0 spiro atoms. The molecule has 0 fully saturated rings. The average molecular weight is 425 g/mol. The van der Waals surface area contributed by atoms with E-state index in [9.17, 15) is 9.59 Å². The van der Waals surface area contributed by atoms with Gasteiger partial charge in [0.25, 0.3) is 0 Å².